The Balaban J connectivity index is 4.46. The van der Waals surface area contributed by atoms with Crippen LogP contribution in [0.5, 0.6) is 0 Å². The van der Waals surface area contributed by atoms with Crippen LogP contribution in [0.15, 0.2) is 0 Å². The van der Waals surface area contributed by atoms with Crippen LogP contribution in [0.1, 0.15) is 0 Å². The maximum atomic E-state index is 9.48. The van der Waals surface area contributed by atoms with Crippen molar-refractivity contribution in [2.24, 2.45) is 0 Å². The third-order valence-electron chi connectivity index (χ3n) is 0.167. The van der Waals surface area contributed by atoms with E-state index in [9.17, 15) is 25.9 Å². The van der Waals surface area contributed by atoms with Gasteiger partial charge in [0.1, 0.15) is 0 Å². The summed E-state index contributed by atoms with van der Waals surface area (Å²) in [6, 6.07) is 0. The molecule has 0 aromatic heterocycles. The standard InChI is InChI=1S/H2O6S3/c1-8(2,3)7-9(4,5)6/h(H,1,2,3)(H,4,5,6)/p-2. The van der Waals surface area contributed by atoms with Gasteiger partial charge in [0.15, 0.2) is 18.3 Å². The molecule has 0 amide bonds. The third kappa shape index (κ3) is 8.17. The van der Waals surface area contributed by atoms with Crippen LogP contribution in [0.4, 0.5) is 0 Å². The average Bonchev–Trinajstić information content (AvgIpc) is 1.14. The van der Waals surface area contributed by atoms with Crippen molar-refractivity contribution >= 4 is 28.1 Å². The van der Waals surface area contributed by atoms with Gasteiger partial charge in [0, 0.05) is 0 Å². The zero-order valence-electron chi connectivity index (χ0n) is 3.67. The van der Waals surface area contributed by atoms with E-state index in [2.05, 4.69) is 0 Å². The first kappa shape index (κ1) is 9.17. The zero-order valence-corrected chi connectivity index (χ0v) is 6.12. The van der Waals surface area contributed by atoms with Crippen LogP contribution in [0.3, 0.4) is 0 Å². The van der Waals surface area contributed by atoms with E-state index < -0.39 is 28.1 Å². The lowest BCUT2D eigenvalue weighted by Crippen LogP contribution is -1.98. The van der Waals surface area contributed by atoms with E-state index in [1.165, 1.54) is 0 Å². The Bertz CT molecular complexity index is 233. The third-order valence-corrected chi connectivity index (χ3v) is 4.50. The summed E-state index contributed by atoms with van der Waals surface area (Å²) >= 11 is 0. The Kier molecular flexibility index (Phi) is 2.47. The Hall–Kier alpha value is 0.170. The molecule has 56 valence electrons. The van der Waals surface area contributed by atoms with Crippen molar-refractivity contribution in [3.05, 3.63) is 0 Å². The Morgan fingerprint density at radius 1 is 0.889 bits per heavy atom. The van der Waals surface area contributed by atoms with E-state index in [1.807, 2.05) is 0 Å². The fraction of sp³-hybridized carbons (Fsp3) is 0. The normalized spacial score (nSPS) is 13.6. The van der Waals surface area contributed by atoms with Gasteiger partial charge in [0.2, 0.25) is 0 Å². The summed E-state index contributed by atoms with van der Waals surface area (Å²) in [4.78, 5) is 0. The monoisotopic (exact) mass is 192 g/mol. The van der Waals surface area contributed by atoms with Gasteiger partial charge in [0.25, 0.3) is 0 Å². The summed E-state index contributed by atoms with van der Waals surface area (Å²) in [7, 11) is -11.2. The molecule has 0 heterocycles. The maximum Gasteiger partial charge on any atom is 0.162 e. The van der Waals surface area contributed by atoms with E-state index in [4.69, 9.17) is 0 Å². The molecule has 0 atom stereocenters. The fourth-order valence-electron chi connectivity index (χ4n) is 0.102. The molecule has 0 aliphatic carbocycles. The summed E-state index contributed by atoms with van der Waals surface area (Å²) in [6.07, 6.45) is 0. The van der Waals surface area contributed by atoms with Crippen molar-refractivity contribution in [3.8, 4) is 0 Å². The summed E-state index contributed by atoms with van der Waals surface area (Å²) in [5, 5.41) is 0. The summed E-state index contributed by atoms with van der Waals surface area (Å²) in [5.74, 6) is 0. The fourth-order valence-corrected chi connectivity index (χ4v) is 2.76. The van der Waals surface area contributed by atoms with E-state index in [0.717, 1.165) is 0 Å². The molecule has 0 N–H and O–H groups in total. The highest BCUT2D eigenvalue weighted by Gasteiger charge is 2.01. The topological polar surface area (TPSA) is 114 Å². The van der Waals surface area contributed by atoms with Crippen LogP contribution in [-0.2, 0) is 18.3 Å². The van der Waals surface area contributed by atoms with E-state index in [-0.39, 0.29) is 0 Å². The van der Waals surface area contributed by atoms with Crippen molar-refractivity contribution in [3.63, 3.8) is 0 Å². The molecule has 6 nitrogen and oxygen atoms in total. The van der Waals surface area contributed by atoms with Gasteiger partial charge in [-0.25, -0.2) is 16.8 Å². The Morgan fingerprint density at radius 3 is 1.11 bits per heavy atom. The van der Waals surface area contributed by atoms with Crippen LogP contribution in [0.2, 0.25) is 0 Å². The molecular formula is O6S3-2. The Morgan fingerprint density at radius 2 is 1.11 bits per heavy atom. The van der Waals surface area contributed by atoms with Gasteiger partial charge >= 0.3 is 0 Å². The van der Waals surface area contributed by atoms with Crippen LogP contribution in [0.25, 0.3) is 0 Å². The van der Waals surface area contributed by atoms with Crippen LogP contribution in [-0.4, -0.2) is 25.9 Å². The molecule has 0 saturated carbocycles. The molecule has 0 unspecified atom stereocenters. The lowest BCUT2D eigenvalue weighted by molar-refractivity contribution is 0.479. The van der Waals surface area contributed by atoms with Gasteiger partial charge < -0.3 is 9.11 Å². The lowest BCUT2D eigenvalue weighted by atomic mass is 15.9. The summed E-state index contributed by atoms with van der Waals surface area (Å²) < 4.78 is 56.9. The average molecular weight is 192 g/mol. The van der Waals surface area contributed by atoms with Crippen molar-refractivity contribution in [1.82, 2.24) is 0 Å². The molecular weight excluding hydrogens is 192 g/mol. The minimum atomic E-state index is -5.02. The molecule has 0 aromatic carbocycles. The van der Waals surface area contributed by atoms with Crippen molar-refractivity contribution in [2.75, 3.05) is 0 Å². The SMILES string of the molecule is O=S(=O)([O-])SS(=O)(=O)[O-]. The van der Waals surface area contributed by atoms with Crippen LogP contribution < -0.4 is 0 Å². The highest BCUT2D eigenvalue weighted by atomic mass is 33.5. The van der Waals surface area contributed by atoms with Gasteiger partial charge in [-0.3, -0.25) is 0 Å². The number of hydrogen-bond acceptors (Lipinski definition) is 7. The predicted octanol–water partition coefficient (Wildman–Crippen LogP) is -1.36. The molecule has 0 aliphatic heterocycles. The summed E-state index contributed by atoms with van der Waals surface area (Å²) in [6.45, 7) is 0. The van der Waals surface area contributed by atoms with Crippen molar-refractivity contribution < 1.29 is 25.9 Å². The molecule has 0 rings (SSSR count). The second-order valence-electron chi connectivity index (χ2n) is 0.885. The molecule has 9 heteroatoms. The molecule has 0 saturated heterocycles. The van der Waals surface area contributed by atoms with Crippen molar-refractivity contribution in [1.29, 1.82) is 0 Å². The second-order valence-corrected chi connectivity index (χ2v) is 6.74. The smallest absolute Gasteiger partial charge is 0.162 e. The molecule has 0 fully saturated rings. The zero-order chi connectivity index (χ0) is 7.71. The van der Waals surface area contributed by atoms with E-state index in [1.54, 1.807) is 0 Å². The van der Waals surface area contributed by atoms with Gasteiger partial charge in [-0.15, -0.1) is 0 Å². The summed E-state index contributed by atoms with van der Waals surface area (Å²) in [5.41, 5.74) is 0. The maximum absolute atomic E-state index is 9.48. The van der Waals surface area contributed by atoms with Gasteiger partial charge in [-0.05, 0) is 0 Å². The van der Waals surface area contributed by atoms with Crippen LogP contribution in [0, 0.1) is 0 Å². The molecule has 0 aliphatic rings. The predicted molar refractivity (Wildman–Crippen MR) is 27.0 cm³/mol. The minimum Gasteiger partial charge on any atom is -0.739 e. The number of hydrogen-bond donors (Lipinski definition) is 0. The van der Waals surface area contributed by atoms with Gasteiger partial charge in [0.05, 0.1) is 9.83 Å². The first-order valence-corrected chi connectivity index (χ1v) is 6.00. The van der Waals surface area contributed by atoms with Gasteiger partial charge in [-0.2, -0.15) is 0 Å². The van der Waals surface area contributed by atoms with E-state index >= 15 is 0 Å². The number of rotatable bonds is 2. The van der Waals surface area contributed by atoms with Crippen LogP contribution >= 0.6 is 9.83 Å². The highest BCUT2D eigenvalue weighted by molar-refractivity contribution is 9.01. The quantitative estimate of drug-likeness (QED) is 0.392. The minimum absolute atomic E-state index is 1.15. The first-order valence-electron chi connectivity index (χ1n) is 1.33. The molecule has 0 bridgehead atoms. The molecule has 9 heavy (non-hydrogen) atoms. The van der Waals surface area contributed by atoms with Gasteiger partial charge in [-0.1, -0.05) is 0 Å². The second kappa shape index (κ2) is 2.42. The highest BCUT2D eigenvalue weighted by Crippen LogP contribution is 2.15. The largest absolute Gasteiger partial charge is 0.739 e. The van der Waals surface area contributed by atoms with E-state index in [0.29, 0.717) is 0 Å². The first-order chi connectivity index (χ1) is 3.71. The molecule has 0 radical (unpaired) electrons. The lowest BCUT2D eigenvalue weighted by Gasteiger charge is -2.07. The molecule has 0 spiro atoms. The molecule has 0 aromatic rings. The Labute approximate surface area is 54.6 Å². The van der Waals surface area contributed by atoms with Crippen molar-refractivity contribution in [2.45, 2.75) is 0 Å².